The molecule has 1 heterocycles. The lowest BCUT2D eigenvalue weighted by atomic mass is 10.3. The number of fused-ring (bicyclic) bond motifs is 2. The average molecular weight is 450 g/mol. The molecule has 0 aromatic heterocycles. The fourth-order valence-electron chi connectivity index (χ4n) is 3.26. The Morgan fingerprint density at radius 1 is 0.742 bits per heavy atom. The molecule has 1 aliphatic heterocycles. The van der Waals surface area contributed by atoms with E-state index in [-0.39, 0.29) is 12.2 Å². The van der Waals surface area contributed by atoms with Gasteiger partial charge in [-0.3, -0.25) is 4.57 Å². The summed E-state index contributed by atoms with van der Waals surface area (Å²) in [5.41, 5.74) is 0. The summed E-state index contributed by atoms with van der Waals surface area (Å²) in [7, 11) is -2.05. The van der Waals surface area contributed by atoms with Crippen LogP contribution >= 0.6 is 7.37 Å². The lowest BCUT2D eigenvalue weighted by Crippen LogP contribution is -2.28. The van der Waals surface area contributed by atoms with Crippen LogP contribution in [0.4, 0.5) is 0 Å². The number of benzene rings is 2. The molecular weight excluding hydrogens is 419 g/mol. The molecule has 0 saturated heterocycles. The summed E-state index contributed by atoms with van der Waals surface area (Å²) in [6, 6.07) is 14.4. The Balaban J connectivity index is 1.98. The van der Waals surface area contributed by atoms with Crippen LogP contribution in [0.1, 0.15) is 13.8 Å². The normalized spacial score (nSPS) is 23.2. The predicted molar refractivity (Wildman–Crippen MR) is 119 cm³/mol. The fraction of sp³-hybridized carbons (Fsp3) is 0.478. The highest BCUT2D eigenvalue weighted by Gasteiger charge is 2.34. The lowest BCUT2D eigenvalue weighted by Gasteiger charge is -2.25. The number of rotatable bonds is 1. The van der Waals surface area contributed by atoms with Crippen molar-refractivity contribution in [1.82, 2.24) is 0 Å². The van der Waals surface area contributed by atoms with E-state index in [9.17, 15) is 4.57 Å². The summed E-state index contributed by atoms with van der Waals surface area (Å²) in [5.74, 6) is 0.986. The van der Waals surface area contributed by atoms with Crippen LogP contribution in [-0.2, 0) is 23.3 Å². The smallest absolute Gasteiger partial charge is 0.268 e. The largest absolute Gasteiger partial charge is 0.487 e. The first-order valence-electron chi connectivity index (χ1n) is 10.5. The Kier molecular flexibility index (Phi) is 8.93. The molecule has 2 aromatic rings. The van der Waals surface area contributed by atoms with Crippen LogP contribution < -0.4 is 20.1 Å². The molecule has 0 N–H and O–H groups in total. The third-order valence-electron chi connectivity index (χ3n) is 4.73. The minimum Gasteiger partial charge on any atom is -0.487 e. The molecule has 0 amide bonds. The molecule has 3 rings (SSSR count). The number of hydrogen-bond donors (Lipinski definition) is 0. The molecule has 0 radical (unpaired) electrons. The second-order valence-corrected chi connectivity index (χ2v) is 9.72. The van der Waals surface area contributed by atoms with E-state index in [1.54, 1.807) is 24.3 Å². The van der Waals surface area contributed by atoms with Crippen molar-refractivity contribution in [3.63, 3.8) is 0 Å². The van der Waals surface area contributed by atoms with Crippen LogP contribution in [0.2, 0.25) is 0 Å². The van der Waals surface area contributed by atoms with Crippen molar-refractivity contribution in [2.45, 2.75) is 26.1 Å². The Morgan fingerprint density at radius 3 is 1.61 bits per heavy atom. The minimum atomic E-state index is -3.49. The lowest BCUT2D eigenvalue weighted by molar-refractivity contribution is -0.0114. The van der Waals surface area contributed by atoms with Gasteiger partial charge in [-0.1, -0.05) is 24.3 Å². The monoisotopic (exact) mass is 450 g/mol. The van der Waals surface area contributed by atoms with E-state index in [1.165, 1.54) is 7.11 Å². The molecule has 0 saturated carbocycles. The Labute approximate surface area is 184 Å². The van der Waals surface area contributed by atoms with E-state index in [0.29, 0.717) is 61.7 Å². The van der Waals surface area contributed by atoms with Gasteiger partial charge in [0.05, 0.1) is 50.3 Å². The summed E-state index contributed by atoms with van der Waals surface area (Å²) in [5, 5.41) is 0.961. The van der Waals surface area contributed by atoms with E-state index in [0.717, 1.165) is 0 Å². The molecule has 0 fully saturated rings. The summed E-state index contributed by atoms with van der Waals surface area (Å²) in [6.45, 7) is 6.43. The molecule has 170 valence electrons. The Hall–Kier alpha value is -1.89. The van der Waals surface area contributed by atoms with Crippen LogP contribution in [0.5, 0.6) is 11.5 Å². The van der Waals surface area contributed by atoms with E-state index in [4.69, 9.17) is 28.2 Å². The molecule has 31 heavy (non-hydrogen) atoms. The molecule has 8 heteroatoms. The van der Waals surface area contributed by atoms with Crippen molar-refractivity contribution >= 4 is 18.0 Å². The quantitative estimate of drug-likeness (QED) is 0.618. The van der Waals surface area contributed by atoms with Crippen molar-refractivity contribution < 1.29 is 32.8 Å². The first-order chi connectivity index (χ1) is 15.0. The SMILES string of the molecule is COP1(=O)c2ccccc2O[C@H](C)COCCOCCOC[C@@H](C)Oc2ccccc21. The molecule has 0 aliphatic carbocycles. The maximum absolute atomic E-state index is 14.2. The summed E-state index contributed by atoms with van der Waals surface area (Å²) >= 11 is 0. The molecule has 0 bridgehead atoms. The van der Waals surface area contributed by atoms with Gasteiger partial charge >= 0.3 is 0 Å². The zero-order valence-corrected chi connectivity index (χ0v) is 19.2. The van der Waals surface area contributed by atoms with Crippen molar-refractivity contribution in [3.8, 4) is 11.5 Å². The first-order valence-corrected chi connectivity index (χ1v) is 12.1. The molecule has 7 nitrogen and oxygen atoms in total. The van der Waals surface area contributed by atoms with Gasteiger partial charge in [-0.15, -0.1) is 0 Å². The molecule has 0 spiro atoms. The van der Waals surface area contributed by atoms with Crippen LogP contribution in [0.15, 0.2) is 48.5 Å². The van der Waals surface area contributed by atoms with Crippen molar-refractivity contribution in [3.05, 3.63) is 48.5 Å². The summed E-state index contributed by atoms with van der Waals surface area (Å²) < 4.78 is 48.9. The Bertz CT molecular complexity index is 807. The fourth-order valence-corrected chi connectivity index (χ4v) is 5.32. The number of ether oxygens (including phenoxy) is 5. The van der Waals surface area contributed by atoms with Gasteiger partial charge in [-0.2, -0.15) is 0 Å². The van der Waals surface area contributed by atoms with Gasteiger partial charge in [0.25, 0.3) is 7.37 Å². The topological polar surface area (TPSA) is 72.5 Å². The molecule has 2 atom stereocenters. The molecular formula is C23H31O7P. The predicted octanol–water partition coefficient (Wildman–Crippen LogP) is 3.16. The first kappa shape index (κ1) is 23.8. The van der Waals surface area contributed by atoms with Crippen LogP contribution in [0.3, 0.4) is 0 Å². The van der Waals surface area contributed by atoms with Gasteiger partial charge in [0.1, 0.15) is 23.7 Å². The van der Waals surface area contributed by atoms with Gasteiger partial charge in [-0.25, -0.2) is 0 Å². The second kappa shape index (κ2) is 11.7. The maximum atomic E-state index is 14.2. The average Bonchev–Trinajstić information content (AvgIpc) is 2.77. The summed E-state index contributed by atoms with van der Waals surface area (Å²) in [4.78, 5) is 0. The molecule has 1 aliphatic rings. The van der Waals surface area contributed by atoms with Crippen molar-refractivity contribution in [2.75, 3.05) is 46.8 Å². The van der Waals surface area contributed by atoms with Gasteiger partial charge in [0, 0.05) is 7.11 Å². The minimum absolute atomic E-state index is 0.250. The zero-order valence-electron chi connectivity index (χ0n) is 18.3. The number of para-hydroxylation sites is 2. The van der Waals surface area contributed by atoms with Crippen LogP contribution in [0.25, 0.3) is 0 Å². The standard InChI is InChI=1S/C23H31O7P/c1-18-16-27-14-12-26-13-15-28-17-19(2)30-21-9-5-7-11-23(21)31(24,25-3)22-10-6-4-8-20(22)29-18/h4-11,18-19H,12-17H2,1-3H3/t18-,19-/m1/s1. The van der Waals surface area contributed by atoms with E-state index in [2.05, 4.69) is 0 Å². The van der Waals surface area contributed by atoms with Gasteiger partial charge in [-0.05, 0) is 38.1 Å². The van der Waals surface area contributed by atoms with Gasteiger partial charge in [0.15, 0.2) is 0 Å². The van der Waals surface area contributed by atoms with E-state index < -0.39 is 7.37 Å². The summed E-state index contributed by atoms with van der Waals surface area (Å²) in [6.07, 6.45) is -0.500. The van der Waals surface area contributed by atoms with Gasteiger partial charge < -0.3 is 28.2 Å². The maximum Gasteiger partial charge on any atom is 0.268 e. The highest BCUT2D eigenvalue weighted by molar-refractivity contribution is 7.74. The third-order valence-corrected chi connectivity index (χ3v) is 7.25. The molecule has 2 aromatic carbocycles. The number of hydrogen-bond acceptors (Lipinski definition) is 7. The van der Waals surface area contributed by atoms with Crippen molar-refractivity contribution in [2.24, 2.45) is 0 Å². The van der Waals surface area contributed by atoms with E-state index >= 15 is 0 Å². The van der Waals surface area contributed by atoms with Crippen LogP contribution in [-0.4, -0.2) is 59.0 Å². The Morgan fingerprint density at radius 2 is 1.16 bits per heavy atom. The second-order valence-electron chi connectivity index (χ2n) is 7.29. The third kappa shape index (κ3) is 6.31. The van der Waals surface area contributed by atoms with Gasteiger partial charge in [0.2, 0.25) is 0 Å². The van der Waals surface area contributed by atoms with Crippen LogP contribution in [0, 0.1) is 0 Å². The van der Waals surface area contributed by atoms with E-state index in [1.807, 2.05) is 38.1 Å². The highest BCUT2D eigenvalue weighted by atomic mass is 31.2. The molecule has 0 unspecified atom stereocenters. The van der Waals surface area contributed by atoms with Crippen molar-refractivity contribution in [1.29, 1.82) is 0 Å². The zero-order chi connectivity index (χ0) is 22.1. The highest BCUT2D eigenvalue weighted by Crippen LogP contribution is 2.48.